The summed E-state index contributed by atoms with van der Waals surface area (Å²) in [6.45, 7) is 3.17. The topological polar surface area (TPSA) is 148 Å². The van der Waals surface area contributed by atoms with E-state index in [1.54, 1.807) is 44.4 Å². The first-order chi connectivity index (χ1) is 15.3. The summed E-state index contributed by atoms with van der Waals surface area (Å²) in [6, 6.07) is 8.48. The molecule has 0 aromatic carbocycles. The minimum atomic E-state index is -0.791. The van der Waals surface area contributed by atoms with Gasteiger partial charge in [-0.15, -0.1) is 5.10 Å². The molecule has 3 aromatic rings. The highest BCUT2D eigenvalue weighted by atomic mass is 35.5. The van der Waals surface area contributed by atoms with E-state index < -0.39 is 24.0 Å². The lowest BCUT2D eigenvalue weighted by molar-refractivity contribution is -0.117. The van der Waals surface area contributed by atoms with Gasteiger partial charge in [0.15, 0.2) is 11.5 Å². The average molecular weight is 455 g/mol. The van der Waals surface area contributed by atoms with E-state index in [2.05, 4.69) is 30.9 Å². The molecule has 0 saturated heterocycles. The number of nitriles is 1. The van der Waals surface area contributed by atoms with Crippen LogP contribution in [-0.4, -0.2) is 37.0 Å². The second-order valence-electron chi connectivity index (χ2n) is 6.74. The molecule has 3 heterocycles. The summed E-state index contributed by atoms with van der Waals surface area (Å²) in [5.74, 6) is -0.961. The Morgan fingerprint density at radius 2 is 2.00 bits per heavy atom. The van der Waals surface area contributed by atoms with E-state index in [-0.39, 0.29) is 11.0 Å². The lowest BCUT2D eigenvalue weighted by Crippen LogP contribution is -2.19. The third-order valence-corrected chi connectivity index (χ3v) is 4.73. The second kappa shape index (κ2) is 9.84. The zero-order chi connectivity index (χ0) is 23.3. The molecule has 0 spiro atoms. The van der Waals surface area contributed by atoms with Crippen LogP contribution in [0.5, 0.6) is 0 Å². The van der Waals surface area contributed by atoms with Gasteiger partial charge in [0.25, 0.3) is 0 Å². The highest BCUT2D eigenvalue weighted by Gasteiger charge is 2.20. The number of ether oxygens (including phenoxy) is 1. The van der Waals surface area contributed by atoms with Crippen LogP contribution in [0, 0.1) is 17.2 Å². The van der Waals surface area contributed by atoms with E-state index in [0.717, 1.165) is 0 Å². The highest BCUT2D eigenvalue weighted by Crippen LogP contribution is 2.26. The molecule has 2 amide bonds. The van der Waals surface area contributed by atoms with E-state index in [1.807, 2.05) is 6.07 Å². The number of aryl methyl sites for hydroxylation is 1. The summed E-state index contributed by atoms with van der Waals surface area (Å²) in [5.41, 5.74) is 1.70. The van der Waals surface area contributed by atoms with Gasteiger partial charge in [0, 0.05) is 18.8 Å². The summed E-state index contributed by atoms with van der Waals surface area (Å²) in [4.78, 5) is 32.5. The number of amides is 2. The van der Waals surface area contributed by atoms with Gasteiger partial charge >= 0.3 is 6.09 Å². The quantitative estimate of drug-likeness (QED) is 0.539. The summed E-state index contributed by atoms with van der Waals surface area (Å²) < 4.78 is 6.76. The Balaban J connectivity index is 1.72. The highest BCUT2D eigenvalue weighted by molar-refractivity contribution is 6.30. The maximum atomic E-state index is 12.4. The van der Waals surface area contributed by atoms with E-state index >= 15 is 0 Å². The van der Waals surface area contributed by atoms with Gasteiger partial charge in [0.2, 0.25) is 5.91 Å². The average Bonchev–Trinajstić information content (AvgIpc) is 3.13. The summed E-state index contributed by atoms with van der Waals surface area (Å²) in [6.07, 6.45) is 1.58. The number of nitrogens with zero attached hydrogens (tertiary/aromatic N) is 6. The van der Waals surface area contributed by atoms with E-state index in [1.165, 1.54) is 17.8 Å². The van der Waals surface area contributed by atoms with Gasteiger partial charge in [-0.05, 0) is 32.0 Å². The number of aromatic nitrogens is 5. The van der Waals surface area contributed by atoms with Crippen LogP contribution in [0.25, 0.3) is 11.4 Å². The monoisotopic (exact) mass is 454 g/mol. The first-order valence-corrected chi connectivity index (χ1v) is 9.82. The Morgan fingerprint density at radius 1 is 1.22 bits per heavy atom. The molecular formula is C20H19ClN8O3. The SMILES string of the molecule is C[C@H](C#N)C(=O)Nc1ccc(-c2nnn(C)c2NC(=O)O[C@H](C)c2cccnc2Cl)nc1. The molecule has 164 valence electrons. The van der Waals surface area contributed by atoms with Crippen molar-refractivity contribution in [2.75, 3.05) is 10.6 Å². The van der Waals surface area contributed by atoms with Crippen molar-refractivity contribution in [2.45, 2.75) is 20.0 Å². The number of pyridine rings is 2. The van der Waals surface area contributed by atoms with Crippen LogP contribution in [-0.2, 0) is 16.6 Å². The fraction of sp³-hybridized carbons (Fsp3) is 0.250. The lowest BCUT2D eigenvalue weighted by atomic mass is 10.2. The number of halogens is 1. The standard InChI is InChI=1S/C20H19ClN8O3/c1-11(9-22)19(30)25-13-6-7-15(24-10-13)16-18(29(3)28-27-16)26-20(31)32-12(2)14-5-4-8-23-17(14)21/h4-8,10-12H,1-3H3,(H,25,30)(H,26,31)/t11-,12-/m1/s1. The third-order valence-electron chi connectivity index (χ3n) is 4.42. The molecule has 12 heteroatoms. The van der Waals surface area contributed by atoms with Crippen LogP contribution < -0.4 is 10.6 Å². The Hall–Kier alpha value is -4.04. The maximum absolute atomic E-state index is 12.4. The van der Waals surface area contributed by atoms with Gasteiger partial charge in [-0.3, -0.25) is 15.1 Å². The fourth-order valence-electron chi connectivity index (χ4n) is 2.64. The zero-order valence-electron chi connectivity index (χ0n) is 17.4. The van der Waals surface area contributed by atoms with Crippen molar-refractivity contribution in [2.24, 2.45) is 13.0 Å². The number of carbonyl (C=O) groups is 2. The number of anilines is 2. The summed E-state index contributed by atoms with van der Waals surface area (Å²) in [7, 11) is 1.60. The van der Waals surface area contributed by atoms with Gasteiger partial charge in [-0.2, -0.15) is 5.26 Å². The molecular weight excluding hydrogens is 436 g/mol. The largest absolute Gasteiger partial charge is 0.441 e. The van der Waals surface area contributed by atoms with Gasteiger partial charge < -0.3 is 10.1 Å². The minimum absolute atomic E-state index is 0.247. The first kappa shape index (κ1) is 22.6. The number of rotatable bonds is 6. The second-order valence-corrected chi connectivity index (χ2v) is 7.10. The summed E-state index contributed by atoms with van der Waals surface area (Å²) in [5, 5.41) is 22.2. The van der Waals surface area contributed by atoms with Crippen LogP contribution in [0.2, 0.25) is 5.15 Å². The van der Waals surface area contributed by atoms with Crippen LogP contribution in [0.3, 0.4) is 0 Å². The molecule has 0 saturated carbocycles. The van der Waals surface area contributed by atoms with E-state index in [4.69, 9.17) is 21.6 Å². The molecule has 0 aliphatic carbocycles. The zero-order valence-corrected chi connectivity index (χ0v) is 18.2. The number of nitrogens with one attached hydrogen (secondary N) is 2. The van der Waals surface area contributed by atoms with Crippen molar-refractivity contribution < 1.29 is 14.3 Å². The van der Waals surface area contributed by atoms with Crippen LogP contribution in [0.15, 0.2) is 36.7 Å². The molecule has 0 fully saturated rings. The number of carbonyl (C=O) groups excluding carboxylic acids is 2. The minimum Gasteiger partial charge on any atom is -0.441 e. The molecule has 2 N–H and O–H groups in total. The van der Waals surface area contributed by atoms with Crippen molar-refractivity contribution in [3.63, 3.8) is 0 Å². The van der Waals surface area contributed by atoms with Gasteiger partial charge in [0.05, 0.1) is 23.6 Å². The van der Waals surface area contributed by atoms with E-state index in [9.17, 15) is 9.59 Å². The Bertz CT molecular complexity index is 1170. The Morgan fingerprint density at radius 3 is 2.66 bits per heavy atom. The Kier molecular flexibility index (Phi) is 6.97. The predicted octanol–water partition coefficient (Wildman–Crippen LogP) is 3.33. The van der Waals surface area contributed by atoms with Crippen LogP contribution in [0.4, 0.5) is 16.3 Å². The first-order valence-electron chi connectivity index (χ1n) is 9.44. The van der Waals surface area contributed by atoms with Crippen molar-refractivity contribution in [1.29, 1.82) is 5.26 Å². The summed E-state index contributed by atoms with van der Waals surface area (Å²) >= 11 is 6.05. The van der Waals surface area contributed by atoms with Gasteiger partial charge in [-0.25, -0.2) is 14.5 Å². The number of hydrogen-bond acceptors (Lipinski definition) is 8. The Labute approximate surface area is 188 Å². The third kappa shape index (κ3) is 5.16. The molecule has 3 aromatic heterocycles. The predicted molar refractivity (Wildman–Crippen MR) is 115 cm³/mol. The van der Waals surface area contributed by atoms with Gasteiger partial charge in [-0.1, -0.05) is 22.9 Å². The van der Waals surface area contributed by atoms with Crippen LogP contribution in [0.1, 0.15) is 25.5 Å². The molecule has 2 atom stereocenters. The molecule has 0 radical (unpaired) electrons. The molecule has 11 nitrogen and oxygen atoms in total. The lowest BCUT2D eigenvalue weighted by Gasteiger charge is -2.15. The van der Waals surface area contributed by atoms with Crippen molar-refractivity contribution in [3.8, 4) is 17.5 Å². The maximum Gasteiger partial charge on any atom is 0.413 e. The van der Waals surface area contributed by atoms with Crippen molar-refractivity contribution >= 4 is 35.1 Å². The van der Waals surface area contributed by atoms with Crippen LogP contribution >= 0.6 is 11.6 Å². The molecule has 3 rings (SSSR count). The molecule has 0 aliphatic heterocycles. The smallest absolute Gasteiger partial charge is 0.413 e. The normalized spacial score (nSPS) is 12.3. The van der Waals surface area contributed by atoms with E-state index in [0.29, 0.717) is 22.6 Å². The molecule has 0 aliphatic rings. The number of hydrogen-bond donors (Lipinski definition) is 2. The molecule has 32 heavy (non-hydrogen) atoms. The molecule has 0 unspecified atom stereocenters. The van der Waals surface area contributed by atoms with Crippen molar-refractivity contribution in [3.05, 3.63) is 47.4 Å². The fourth-order valence-corrected chi connectivity index (χ4v) is 2.91. The van der Waals surface area contributed by atoms with Crippen molar-refractivity contribution in [1.82, 2.24) is 25.0 Å². The molecule has 0 bridgehead atoms. The van der Waals surface area contributed by atoms with Gasteiger partial charge in [0.1, 0.15) is 17.2 Å².